The van der Waals surface area contributed by atoms with Gasteiger partial charge in [-0.15, -0.1) is 0 Å². The van der Waals surface area contributed by atoms with Crippen LogP contribution in [-0.2, 0) is 0 Å². The van der Waals surface area contributed by atoms with Crippen LogP contribution in [0.4, 0.5) is 10.1 Å². The molecule has 0 amide bonds. The van der Waals surface area contributed by atoms with Crippen molar-refractivity contribution in [1.82, 2.24) is 0 Å². The van der Waals surface area contributed by atoms with E-state index in [0.29, 0.717) is 23.5 Å². The highest BCUT2D eigenvalue weighted by molar-refractivity contribution is 6.31. The summed E-state index contributed by atoms with van der Waals surface area (Å²) < 4.78 is 19.2. The van der Waals surface area contributed by atoms with E-state index in [1.807, 2.05) is 12.1 Å². The smallest absolute Gasteiger partial charge is 0.146 e. The van der Waals surface area contributed by atoms with Crippen molar-refractivity contribution in [1.29, 1.82) is 5.26 Å². The monoisotopic (exact) mass is 288 g/mol. The molecule has 0 fully saturated rings. The Bertz CT molecular complexity index is 694. The Labute approximate surface area is 120 Å². The maximum absolute atomic E-state index is 13.5. The van der Waals surface area contributed by atoms with Crippen LogP contribution in [0.15, 0.2) is 36.4 Å². The predicted octanol–water partition coefficient (Wildman–Crippen LogP) is 3.90. The van der Waals surface area contributed by atoms with Gasteiger partial charge < -0.3 is 10.1 Å². The SMILES string of the molecule is N#Cc1ccc(C2CNc3cc(Cl)c(F)cc3O2)cc1. The molecular formula is C15H10ClFN2O. The van der Waals surface area contributed by atoms with Crippen molar-refractivity contribution in [2.24, 2.45) is 0 Å². The predicted molar refractivity (Wildman–Crippen MR) is 74.4 cm³/mol. The van der Waals surface area contributed by atoms with E-state index in [1.54, 1.807) is 12.1 Å². The van der Waals surface area contributed by atoms with E-state index >= 15 is 0 Å². The molecule has 0 spiro atoms. The highest BCUT2D eigenvalue weighted by atomic mass is 35.5. The maximum atomic E-state index is 13.5. The lowest BCUT2D eigenvalue weighted by Crippen LogP contribution is -2.23. The van der Waals surface area contributed by atoms with Crippen LogP contribution in [0, 0.1) is 17.1 Å². The molecule has 1 heterocycles. The molecule has 0 saturated heterocycles. The normalized spacial score (nSPS) is 16.6. The highest BCUT2D eigenvalue weighted by Gasteiger charge is 2.22. The van der Waals surface area contributed by atoms with E-state index in [2.05, 4.69) is 11.4 Å². The summed E-state index contributed by atoms with van der Waals surface area (Å²) in [7, 11) is 0. The quantitative estimate of drug-likeness (QED) is 0.865. The van der Waals surface area contributed by atoms with Crippen molar-refractivity contribution in [3.8, 4) is 11.8 Å². The number of rotatable bonds is 1. The molecule has 5 heteroatoms. The minimum absolute atomic E-state index is 0.0664. The maximum Gasteiger partial charge on any atom is 0.146 e. The molecule has 1 unspecified atom stereocenters. The zero-order chi connectivity index (χ0) is 14.1. The number of nitriles is 1. The van der Waals surface area contributed by atoms with Crippen molar-refractivity contribution in [2.75, 3.05) is 11.9 Å². The summed E-state index contributed by atoms with van der Waals surface area (Å²) in [6.45, 7) is 0.556. The third-order valence-electron chi connectivity index (χ3n) is 3.18. The van der Waals surface area contributed by atoms with Gasteiger partial charge in [-0.05, 0) is 23.8 Å². The van der Waals surface area contributed by atoms with Gasteiger partial charge in [-0.3, -0.25) is 0 Å². The first-order valence-corrected chi connectivity index (χ1v) is 6.45. The van der Waals surface area contributed by atoms with Crippen LogP contribution < -0.4 is 10.1 Å². The van der Waals surface area contributed by atoms with Gasteiger partial charge in [0.2, 0.25) is 0 Å². The largest absolute Gasteiger partial charge is 0.482 e. The Morgan fingerprint density at radius 3 is 2.75 bits per heavy atom. The fourth-order valence-corrected chi connectivity index (χ4v) is 2.28. The molecule has 3 rings (SSSR count). The summed E-state index contributed by atoms with van der Waals surface area (Å²) in [4.78, 5) is 0. The van der Waals surface area contributed by atoms with Gasteiger partial charge in [-0.25, -0.2) is 4.39 Å². The molecule has 0 aliphatic carbocycles. The number of hydrogen-bond donors (Lipinski definition) is 1. The molecule has 1 aliphatic rings. The van der Waals surface area contributed by atoms with Crippen molar-refractivity contribution in [3.63, 3.8) is 0 Å². The Hall–Kier alpha value is -2.25. The molecule has 0 radical (unpaired) electrons. The number of benzene rings is 2. The Morgan fingerprint density at radius 1 is 1.30 bits per heavy atom. The average molecular weight is 289 g/mol. The molecular weight excluding hydrogens is 279 g/mol. The van der Waals surface area contributed by atoms with E-state index in [4.69, 9.17) is 21.6 Å². The van der Waals surface area contributed by atoms with E-state index in [9.17, 15) is 4.39 Å². The second-order valence-corrected chi connectivity index (χ2v) is 4.89. The van der Waals surface area contributed by atoms with Gasteiger partial charge in [0.05, 0.1) is 28.9 Å². The summed E-state index contributed by atoms with van der Waals surface area (Å²) in [5.74, 6) is -0.0693. The van der Waals surface area contributed by atoms with Gasteiger partial charge in [0.15, 0.2) is 0 Å². The standard InChI is InChI=1S/C15H10ClFN2O/c16-11-5-13-14(6-12(11)17)20-15(8-19-13)10-3-1-9(7-18)2-4-10/h1-6,15,19H,8H2. The average Bonchev–Trinajstić information content (AvgIpc) is 2.48. The van der Waals surface area contributed by atoms with Crippen LogP contribution in [0.3, 0.4) is 0 Å². The van der Waals surface area contributed by atoms with E-state index < -0.39 is 5.82 Å². The van der Waals surface area contributed by atoms with Crippen LogP contribution in [0.1, 0.15) is 17.2 Å². The van der Waals surface area contributed by atoms with Crippen LogP contribution in [0.5, 0.6) is 5.75 Å². The number of fused-ring (bicyclic) bond motifs is 1. The molecule has 2 aromatic carbocycles. The fourth-order valence-electron chi connectivity index (χ4n) is 2.12. The van der Waals surface area contributed by atoms with Crippen molar-refractivity contribution >= 4 is 17.3 Å². The third kappa shape index (κ3) is 2.28. The van der Waals surface area contributed by atoms with Crippen LogP contribution in [0.25, 0.3) is 0 Å². The van der Waals surface area contributed by atoms with Crippen molar-refractivity contribution in [3.05, 3.63) is 58.4 Å². The van der Waals surface area contributed by atoms with Crippen molar-refractivity contribution < 1.29 is 9.13 Å². The molecule has 3 nitrogen and oxygen atoms in total. The topological polar surface area (TPSA) is 45.0 Å². The first kappa shape index (κ1) is 12.8. The molecule has 2 aromatic rings. The fraction of sp³-hybridized carbons (Fsp3) is 0.133. The van der Waals surface area contributed by atoms with Gasteiger partial charge in [-0.1, -0.05) is 23.7 Å². The second kappa shape index (κ2) is 5.03. The highest BCUT2D eigenvalue weighted by Crippen LogP contribution is 2.37. The first-order valence-electron chi connectivity index (χ1n) is 6.07. The Balaban J connectivity index is 1.88. The second-order valence-electron chi connectivity index (χ2n) is 4.48. The molecule has 0 saturated carbocycles. The molecule has 1 atom stereocenters. The summed E-state index contributed by atoms with van der Waals surface area (Å²) in [5, 5.41) is 12.0. The summed E-state index contributed by atoms with van der Waals surface area (Å²) in [6.07, 6.45) is -0.226. The van der Waals surface area contributed by atoms with E-state index in [1.165, 1.54) is 12.1 Å². The lowest BCUT2D eigenvalue weighted by molar-refractivity contribution is 0.209. The van der Waals surface area contributed by atoms with E-state index in [0.717, 1.165) is 5.56 Å². The summed E-state index contributed by atoms with van der Waals surface area (Å²) in [6, 6.07) is 12.0. The van der Waals surface area contributed by atoms with Gasteiger partial charge in [0, 0.05) is 6.07 Å². The lowest BCUT2D eigenvalue weighted by Gasteiger charge is -2.28. The van der Waals surface area contributed by atoms with Crippen molar-refractivity contribution in [2.45, 2.75) is 6.10 Å². The summed E-state index contributed by atoms with van der Waals surface area (Å²) >= 11 is 5.73. The number of nitrogens with zero attached hydrogens (tertiary/aromatic N) is 1. The summed E-state index contributed by atoms with van der Waals surface area (Å²) in [5.41, 5.74) is 2.20. The van der Waals surface area contributed by atoms with Gasteiger partial charge >= 0.3 is 0 Å². The Morgan fingerprint density at radius 2 is 2.05 bits per heavy atom. The van der Waals surface area contributed by atoms with E-state index in [-0.39, 0.29) is 11.1 Å². The van der Waals surface area contributed by atoms with Crippen LogP contribution >= 0.6 is 11.6 Å². The molecule has 0 bridgehead atoms. The lowest BCUT2D eigenvalue weighted by atomic mass is 10.1. The van der Waals surface area contributed by atoms with Gasteiger partial charge in [0.1, 0.15) is 17.7 Å². The number of halogens is 2. The number of ether oxygens (including phenoxy) is 1. The number of hydrogen-bond acceptors (Lipinski definition) is 3. The molecule has 1 N–H and O–H groups in total. The van der Waals surface area contributed by atoms with Gasteiger partial charge in [-0.2, -0.15) is 5.26 Å². The van der Waals surface area contributed by atoms with Crippen LogP contribution in [-0.4, -0.2) is 6.54 Å². The molecule has 20 heavy (non-hydrogen) atoms. The molecule has 0 aromatic heterocycles. The first-order chi connectivity index (χ1) is 9.67. The minimum atomic E-state index is -0.507. The molecule has 100 valence electrons. The van der Waals surface area contributed by atoms with Crippen LogP contribution in [0.2, 0.25) is 5.02 Å². The zero-order valence-electron chi connectivity index (χ0n) is 10.4. The minimum Gasteiger partial charge on any atom is -0.482 e. The zero-order valence-corrected chi connectivity index (χ0v) is 11.1. The number of anilines is 1. The Kier molecular flexibility index (Phi) is 3.21. The number of nitrogens with one attached hydrogen (secondary N) is 1. The molecule has 1 aliphatic heterocycles. The van der Waals surface area contributed by atoms with Gasteiger partial charge in [0.25, 0.3) is 0 Å². The third-order valence-corrected chi connectivity index (χ3v) is 3.47.